The van der Waals surface area contributed by atoms with Gasteiger partial charge >= 0.3 is 6.18 Å². The van der Waals surface area contributed by atoms with Crippen molar-refractivity contribution in [3.8, 4) is 11.8 Å². The number of sulfonamides is 1. The third-order valence-corrected chi connectivity index (χ3v) is 4.88. The molecular weight excluding hydrogens is 407 g/mol. The SMILES string of the molecule is O=S(=O)(NCC#Cc1ccccc1C(F)(F)F)c1ccc(Br)cc1. The Morgan fingerprint density at radius 1 is 1.04 bits per heavy atom. The molecule has 0 saturated carbocycles. The van der Waals surface area contributed by atoms with Gasteiger partial charge in [-0.05, 0) is 36.4 Å². The Hall–Kier alpha value is -1.82. The minimum absolute atomic E-state index is 0.0446. The molecule has 0 radical (unpaired) electrons. The molecule has 0 unspecified atom stereocenters. The van der Waals surface area contributed by atoms with Crippen molar-refractivity contribution in [2.75, 3.05) is 6.54 Å². The highest BCUT2D eigenvalue weighted by Crippen LogP contribution is 2.31. The van der Waals surface area contributed by atoms with E-state index in [1.165, 1.54) is 30.3 Å². The van der Waals surface area contributed by atoms with Crippen LogP contribution in [-0.4, -0.2) is 15.0 Å². The van der Waals surface area contributed by atoms with Crippen molar-refractivity contribution in [1.29, 1.82) is 0 Å². The van der Waals surface area contributed by atoms with E-state index >= 15 is 0 Å². The highest BCUT2D eigenvalue weighted by molar-refractivity contribution is 9.10. The molecule has 0 amide bonds. The van der Waals surface area contributed by atoms with Crippen LogP contribution in [-0.2, 0) is 16.2 Å². The van der Waals surface area contributed by atoms with Crippen LogP contribution in [0.2, 0.25) is 0 Å². The Balaban J connectivity index is 2.11. The average Bonchev–Trinajstić information content (AvgIpc) is 2.51. The van der Waals surface area contributed by atoms with E-state index in [0.29, 0.717) is 0 Å². The van der Waals surface area contributed by atoms with E-state index in [1.54, 1.807) is 12.1 Å². The Labute approximate surface area is 146 Å². The van der Waals surface area contributed by atoms with E-state index in [1.807, 2.05) is 0 Å². The molecule has 0 heterocycles. The first kappa shape index (κ1) is 18.5. The Morgan fingerprint density at radius 2 is 1.67 bits per heavy atom. The van der Waals surface area contributed by atoms with Crippen LogP contribution in [0.3, 0.4) is 0 Å². The zero-order valence-electron chi connectivity index (χ0n) is 12.1. The molecule has 2 rings (SSSR count). The number of nitrogens with one attached hydrogen (secondary N) is 1. The summed E-state index contributed by atoms with van der Waals surface area (Å²) in [7, 11) is -3.77. The second-order valence-electron chi connectivity index (χ2n) is 4.62. The van der Waals surface area contributed by atoms with Crippen LogP contribution in [0.1, 0.15) is 11.1 Å². The number of hydrogen-bond acceptors (Lipinski definition) is 2. The molecule has 0 spiro atoms. The quantitative estimate of drug-likeness (QED) is 0.772. The van der Waals surface area contributed by atoms with Gasteiger partial charge in [0.15, 0.2) is 0 Å². The minimum Gasteiger partial charge on any atom is -0.207 e. The molecule has 0 bridgehead atoms. The molecule has 2 aromatic carbocycles. The maximum absolute atomic E-state index is 12.8. The molecule has 0 fully saturated rings. The summed E-state index contributed by atoms with van der Waals surface area (Å²) in [6, 6.07) is 10.8. The summed E-state index contributed by atoms with van der Waals surface area (Å²) in [5.41, 5.74) is -1.05. The van der Waals surface area contributed by atoms with E-state index < -0.39 is 21.8 Å². The van der Waals surface area contributed by atoms with Gasteiger partial charge in [0.1, 0.15) is 0 Å². The van der Waals surface area contributed by atoms with Gasteiger partial charge in [0.05, 0.1) is 17.0 Å². The molecule has 2 aromatic rings. The molecule has 8 heteroatoms. The molecule has 0 aliphatic rings. The predicted molar refractivity (Wildman–Crippen MR) is 87.7 cm³/mol. The molecule has 0 aliphatic carbocycles. The van der Waals surface area contributed by atoms with Crippen molar-refractivity contribution in [2.24, 2.45) is 0 Å². The lowest BCUT2D eigenvalue weighted by atomic mass is 10.1. The standard InChI is InChI=1S/C16H11BrF3NO2S/c17-13-7-9-14(10-8-13)24(22,23)21-11-3-5-12-4-1-2-6-15(12)16(18,19)20/h1-2,4,6-10,21H,11H2. The van der Waals surface area contributed by atoms with E-state index in [4.69, 9.17) is 0 Å². The molecule has 24 heavy (non-hydrogen) atoms. The van der Waals surface area contributed by atoms with Crippen LogP contribution >= 0.6 is 15.9 Å². The van der Waals surface area contributed by atoms with Gasteiger partial charge in [-0.1, -0.05) is 39.9 Å². The number of benzene rings is 2. The van der Waals surface area contributed by atoms with E-state index in [2.05, 4.69) is 32.5 Å². The van der Waals surface area contributed by atoms with E-state index in [-0.39, 0.29) is 17.0 Å². The Kier molecular flexibility index (Phi) is 5.70. The van der Waals surface area contributed by atoms with Crippen molar-refractivity contribution < 1.29 is 21.6 Å². The van der Waals surface area contributed by atoms with Crippen LogP contribution in [0.4, 0.5) is 13.2 Å². The molecule has 1 N–H and O–H groups in total. The first-order valence-corrected chi connectivity index (χ1v) is 8.88. The second-order valence-corrected chi connectivity index (χ2v) is 7.31. The molecule has 126 valence electrons. The van der Waals surface area contributed by atoms with Crippen LogP contribution in [0.15, 0.2) is 57.9 Å². The summed E-state index contributed by atoms with van der Waals surface area (Å²) in [5.74, 6) is 4.75. The number of halogens is 4. The first-order valence-electron chi connectivity index (χ1n) is 6.60. The summed E-state index contributed by atoms with van der Waals surface area (Å²) >= 11 is 3.20. The summed E-state index contributed by atoms with van der Waals surface area (Å²) in [6.07, 6.45) is -4.51. The largest absolute Gasteiger partial charge is 0.417 e. The van der Waals surface area contributed by atoms with Gasteiger partial charge < -0.3 is 0 Å². The average molecular weight is 418 g/mol. The predicted octanol–water partition coefficient (Wildman–Crippen LogP) is 3.80. The molecule has 0 aromatic heterocycles. The Morgan fingerprint density at radius 3 is 2.29 bits per heavy atom. The fourth-order valence-electron chi connectivity index (χ4n) is 1.81. The smallest absolute Gasteiger partial charge is 0.207 e. The van der Waals surface area contributed by atoms with Gasteiger partial charge in [0.25, 0.3) is 0 Å². The molecule has 0 saturated heterocycles. The van der Waals surface area contributed by atoms with E-state index in [0.717, 1.165) is 10.5 Å². The molecular formula is C16H11BrF3NO2S. The highest BCUT2D eigenvalue weighted by atomic mass is 79.9. The number of rotatable bonds is 3. The fourth-order valence-corrected chi connectivity index (χ4v) is 2.99. The van der Waals surface area contributed by atoms with Crippen molar-refractivity contribution in [3.05, 3.63) is 64.1 Å². The summed E-state index contributed by atoms with van der Waals surface area (Å²) in [6.45, 7) is -0.301. The Bertz CT molecular complexity index is 882. The summed E-state index contributed by atoms with van der Waals surface area (Å²) < 4.78 is 65.4. The van der Waals surface area contributed by atoms with Crippen molar-refractivity contribution in [1.82, 2.24) is 4.72 Å². The number of alkyl halides is 3. The van der Waals surface area contributed by atoms with Crippen LogP contribution in [0.25, 0.3) is 0 Å². The van der Waals surface area contributed by atoms with Crippen LogP contribution in [0, 0.1) is 11.8 Å². The first-order chi connectivity index (χ1) is 11.2. The van der Waals surface area contributed by atoms with Crippen molar-refractivity contribution in [2.45, 2.75) is 11.1 Å². The monoisotopic (exact) mass is 417 g/mol. The van der Waals surface area contributed by atoms with Gasteiger partial charge in [-0.15, -0.1) is 0 Å². The summed E-state index contributed by atoms with van der Waals surface area (Å²) in [5, 5.41) is 0. The zero-order valence-corrected chi connectivity index (χ0v) is 14.5. The van der Waals surface area contributed by atoms with Gasteiger partial charge in [-0.2, -0.15) is 17.9 Å². The maximum Gasteiger partial charge on any atom is 0.417 e. The third-order valence-electron chi connectivity index (χ3n) is 2.93. The normalized spacial score (nSPS) is 11.7. The van der Waals surface area contributed by atoms with Gasteiger partial charge in [-0.3, -0.25) is 0 Å². The highest BCUT2D eigenvalue weighted by Gasteiger charge is 2.32. The zero-order chi connectivity index (χ0) is 17.8. The fraction of sp³-hybridized carbons (Fsp3) is 0.125. The van der Waals surface area contributed by atoms with Gasteiger partial charge in [0.2, 0.25) is 10.0 Å². The topological polar surface area (TPSA) is 46.2 Å². The molecule has 0 aliphatic heterocycles. The van der Waals surface area contributed by atoms with Crippen LogP contribution < -0.4 is 4.72 Å². The van der Waals surface area contributed by atoms with E-state index in [9.17, 15) is 21.6 Å². The molecule has 0 atom stereocenters. The lowest BCUT2D eigenvalue weighted by molar-refractivity contribution is -0.137. The van der Waals surface area contributed by atoms with Crippen molar-refractivity contribution >= 4 is 26.0 Å². The minimum atomic E-state index is -4.51. The maximum atomic E-state index is 12.8. The van der Waals surface area contributed by atoms with Crippen molar-refractivity contribution in [3.63, 3.8) is 0 Å². The van der Waals surface area contributed by atoms with Crippen LogP contribution in [0.5, 0.6) is 0 Å². The van der Waals surface area contributed by atoms with Gasteiger partial charge in [0, 0.05) is 10.0 Å². The second kappa shape index (κ2) is 7.38. The third kappa shape index (κ3) is 4.84. The lowest BCUT2D eigenvalue weighted by Gasteiger charge is -2.08. The summed E-state index contributed by atoms with van der Waals surface area (Å²) in [4.78, 5) is 0.0446. The van der Waals surface area contributed by atoms with Gasteiger partial charge in [-0.25, -0.2) is 8.42 Å². The lowest BCUT2D eigenvalue weighted by Crippen LogP contribution is -2.24. The number of hydrogen-bond donors (Lipinski definition) is 1. The molecule has 3 nitrogen and oxygen atoms in total.